The minimum atomic E-state index is -2.90. The van der Waals surface area contributed by atoms with Crippen LogP contribution in [-0.4, -0.2) is 31.4 Å². The second kappa shape index (κ2) is 7.76. The van der Waals surface area contributed by atoms with E-state index in [4.69, 9.17) is 0 Å². The van der Waals surface area contributed by atoms with E-state index in [0.29, 0.717) is 24.1 Å². The van der Waals surface area contributed by atoms with Crippen molar-refractivity contribution in [2.45, 2.75) is 39.5 Å². The van der Waals surface area contributed by atoms with Crippen LogP contribution in [0.4, 0.5) is 13.2 Å². The highest BCUT2D eigenvalue weighted by molar-refractivity contribution is 5.92. The summed E-state index contributed by atoms with van der Waals surface area (Å²) in [6, 6.07) is 0. The summed E-state index contributed by atoms with van der Waals surface area (Å²) in [6.45, 7) is 0.739. The second-order valence-corrected chi connectivity index (χ2v) is 4.01. The molecule has 1 rings (SSSR count). The summed E-state index contributed by atoms with van der Waals surface area (Å²) < 4.78 is 41.5. The van der Waals surface area contributed by atoms with E-state index >= 15 is 0 Å². The molecule has 6 heteroatoms. The van der Waals surface area contributed by atoms with Crippen LogP contribution < -0.4 is 0 Å². The maximum absolute atomic E-state index is 12.8. The molecule has 0 aromatic heterocycles. The fraction of sp³-hybridized carbons (Fsp3) is 0.538. The van der Waals surface area contributed by atoms with Gasteiger partial charge in [-0.25, -0.2) is 4.39 Å². The first-order valence-corrected chi connectivity index (χ1v) is 6.02. The van der Waals surface area contributed by atoms with Crippen molar-refractivity contribution >= 4 is 12.1 Å². The van der Waals surface area contributed by atoms with Gasteiger partial charge < -0.3 is 4.74 Å². The lowest BCUT2D eigenvalue weighted by Gasteiger charge is -2.10. The molecule has 1 aliphatic heterocycles. The van der Waals surface area contributed by atoms with Crippen LogP contribution in [0.3, 0.4) is 0 Å². The first-order valence-electron chi connectivity index (χ1n) is 6.02. The number of hydrogen-bond donors (Lipinski definition) is 0. The molecule has 106 valence electrons. The number of hydrogen-bond acceptors (Lipinski definition) is 3. The average molecular weight is 274 g/mol. The topological polar surface area (TPSA) is 34.0 Å². The van der Waals surface area contributed by atoms with Crippen molar-refractivity contribution in [2.75, 3.05) is 6.54 Å². The largest absolute Gasteiger partial charge is 0.417 e. The van der Waals surface area contributed by atoms with Gasteiger partial charge in [0.2, 0.25) is 5.90 Å². The number of halogens is 3. The number of aliphatic imine (C=N–C) groups is 2. The molecule has 0 radical (unpaired) electrons. The zero-order valence-electron chi connectivity index (χ0n) is 10.9. The average Bonchev–Trinajstić information content (AvgIpc) is 2.38. The summed E-state index contributed by atoms with van der Waals surface area (Å²) in [4.78, 5) is 7.91. The van der Waals surface area contributed by atoms with Gasteiger partial charge in [0, 0.05) is 36.9 Å². The first kappa shape index (κ1) is 15.5. The Bertz CT molecular complexity index is 414. The van der Waals surface area contributed by atoms with E-state index in [-0.39, 0.29) is 12.4 Å². The quantitative estimate of drug-likeness (QED) is 0.556. The molecule has 3 nitrogen and oxygen atoms in total. The third-order valence-electron chi connectivity index (χ3n) is 2.58. The maximum atomic E-state index is 12.8. The molecule has 1 heterocycles. The van der Waals surface area contributed by atoms with Gasteiger partial charge in [0.05, 0.1) is 0 Å². The molecule has 0 saturated carbocycles. The highest BCUT2D eigenvalue weighted by Crippen LogP contribution is 2.13. The number of alkyl halides is 3. The van der Waals surface area contributed by atoms with Gasteiger partial charge in [-0.1, -0.05) is 12.2 Å². The molecule has 0 fully saturated rings. The Morgan fingerprint density at radius 3 is 2.89 bits per heavy atom. The molecular weight excluding hydrogens is 257 g/mol. The van der Waals surface area contributed by atoms with Crippen LogP contribution in [0, 0.1) is 0 Å². The minimum absolute atomic E-state index is 0.0683. The molecule has 1 unspecified atom stereocenters. The lowest BCUT2D eigenvalue weighted by molar-refractivity contribution is -0.0600. The molecule has 0 aliphatic carbocycles. The van der Waals surface area contributed by atoms with Gasteiger partial charge in [0.25, 0.3) is 0 Å². The molecule has 0 bridgehead atoms. The van der Waals surface area contributed by atoms with Crippen LogP contribution in [0.15, 0.2) is 33.4 Å². The fourth-order valence-corrected chi connectivity index (χ4v) is 1.44. The Kier molecular flexibility index (Phi) is 6.32. The van der Waals surface area contributed by atoms with E-state index in [1.54, 1.807) is 26.0 Å². The molecule has 0 saturated heterocycles. The lowest BCUT2D eigenvalue weighted by Crippen LogP contribution is -2.12. The minimum Gasteiger partial charge on any atom is -0.417 e. The zero-order valence-corrected chi connectivity index (χ0v) is 10.9. The van der Waals surface area contributed by atoms with Crippen molar-refractivity contribution in [1.29, 1.82) is 0 Å². The van der Waals surface area contributed by atoms with Crippen molar-refractivity contribution < 1.29 is 17.9 Å². The Labute approximate surface area is 110 Å². The van der Waals surface area contributed by atoms with E-state index in [0.717, 1.165) is 0 Å². The normalized spacial score (nSPS) is 20.7. The Morgan fingerprint density at radius 2 is 2.37 bits per heavy atom. The lowest BCUT2D eigenvalue weighted by atomic mass is 10.2. The summed E-state index contributed by atoms with van der Waals surface area (Å²) in [5, 5.41) is 0. The summed E-state index contributed by atoms with van der Waals surface area (Å²) in [5.74, 6) is -0.0683. The van der Waals surface area contributed by atoms with E-state index in [2.05, 4.69) is 14.7 Å². The second-order valence-electron chi connectivity index (χ2n) is 4.01. The number of ether oxygens (including phenoxy) is 1. The number of nitrogens with zero attached hydrogens (tertiary/aromatic N) is 2. The predicted molar refractivity (Wildman–Crippen MR) is 69.5 cm³/mol. The predicted octanol–water partition coefficient (Wildman–Crippen LogP) is 3.68. The van der Waals surface area contributed by atoms with E-state index in [1.165, 1.54) is 6.21 Å². The summed E-state index contributed by atoms with van der Waals surface area (Å²) in [7, 11) is 0. The van der Waals surface area contributed by atoms with Gasteiger partial charge in [0.15, 0.2) is 0 Å². The molecule has 0 amide bonds. The fourth-order valence-electron chi connectivity index (χ4n) is 1.44. The number of rotatable bonds is 5. The Morgan fingerprint density at radius 1 is 1.63 bits per heavy atom. The molecule has 0 N–H and O–H groups in total. The van der Waals surface area contributed by atoms with Gasteiger partial charge in [-0.15, -0.1) is 0 Å². The molecule has 1 atom stereocenters. The summed E-state index contributed by atoms with van der Waals surface area (Å²) in [5.41, 5.74) is 1.26. The monoisotopic (exact) mass is 274 g/mol. The van der Waals surface area contributed by atoms with Gasteiger partial charge in [-0.05, 0) is 13.8 Å². The highest BCUT2D eigenvalue weighted by Gasteiger charge is 2.11. The Balaban J connectivity index is 2.54. The van der Waals surface area contributed by atoms with Gasteiger partial charge >= 0.3 is 6.61 Å². The van der Waals surface area contributed by atoms with Crippen molar-refractivity contribution in [3.8, 4) is 0 Å². The SMILES string of the molecule is C/C=C(/C)C(=NCCC1=CCC(F)C=N1)OC(F)F. The van der Waals surface area contributed by atoms with Gasteiger partial charge in [-0.2, -0.15) is 8.78 Å². The highest BCUT2D eigenvalue weighted by atomic mass is 19.3. The van der Waals surface area contributed by atoms with Crippen molar-refractivity contribution in [3.63, 3.8) is 0 Å². The van der Waals surface area contributed by atoms with Gasteiger partial charge in [0.1, 0.15) is 6.17 Å². The van der Waals surface area contributed by atoms with Crippen LogP contribution in [0.2, 0.25) is 0 Å². The summed E-state index contributed by atoms with van der Waals surface area (Å²) >= 11 is 0. The maximum Gasteiger partial charge on any atom is 0.388 e. The molecule has 19 heavy (non-hydrogen) atoms. The standard InChI is InChI=1S/C13H17F3N2O/c1-3-9(2)12(19-13(15)16)17-7-6-11-5-4-10(14)8-18-11/h3,5,8,10,13H,4,6-7H2,1-2H3/b9-3-,17-12?. The third kappa shape index (κ3) is 5.72. The zero-order chi connectivity index (χ0) is 14.3. The van der Waals surface area contributed by atoms with Crippen LogP contribution in [0.5, 0.6) is 0 Å². The van der Waals surface area contributed by atoms with Crippen LogP contribution in [-0.2, 0) is 4.74 Å². The van der Waals surface area contributed by atoms with Crippen LogP contribution >= 0.6 is 0 Å². The van der Waals surface area contributed by atoms with Crippen LogP contribution in [0.1, 0.15) is 26.7 Å². The molecule has 0 aromatic rings. The van der Waals surface area contributed by atoms with Crippen molar-refractivity contribution in [3.05, 3.63) is 23.4 Å². The molecule has 0 aromatic carbocycles. The van der Waals surface area contributed by atoms with Crippen molar-refractivity contribution in [1.82, 2.24) is 0 Å². The van der Waals surface area contributed by atoms with Gasteiger partial charge in [-0.3, -0.25) is 9.98 Å². The Hall–Kier alpha value is -1.59. The third-order valence-corrected chi connectivity index (χ3v) is 2.58. The van der Waals surface area contributed by atoms with E-state index < -0.39 is 12.8 Å². The first-order chi connectivity index (χ1) is 9.02. The molecule has 1 aliphatic rings. The van der Waals surface area contributed by atoms with E-state index in [9.17, 15) is 13.2 Å². The summed E-state index contributed by atoms with van der Waals surface area (Å²) in [6.07, 6.45) is 4.32. The molecule has 0 spiro atoms. The smallest absolute Gasteiger partial charge is 0.388 e. The van der Waals surface area contributed by atoms with Crippen LogP contribution in [0.25, 0.3) is 0 Å². The van der Waals surface area contributed by atoms with E-state index in [1.807, 2.05) is 0 Å². The molecular formula is C13H17F3N2O. The van der Waals surface area contributed by atoms with Crippen molar-refractivity contribution in [2.24, 2.45) is 9.98 Å². The number of allylic oxidation sites excluding steroid dienone is 2.